The van der Waals surface area contributed by atoms with E-state index in [0.717, 1.165) is 30.1 Å². The molecule has 0 amide bonds. The zero-order valence-electron chi connectivity index (χ0n) is 13.0. The van der Waals surface area contributed by atoms with E-state index < -0.39 is 0 Å². The molecule has 0 unspecified atom stereocenters. The molecule has 1 saturated heterocycles. The lowest BCUT2D eigenvalue weighted by atomic mass is 10.1. The van der Waals surface area contributed by atoms with Crippen molar-refractivity contribution < 1.29 is 5.21 Å². The van der Waals surface area contributed by atoms with Crippen molar-refractivity contribution in [3.05, 3.63) is 11.6 Å². The van der Waals surface area contributed by atoms with Gasteiger partial charge in [0.2, 0.25) is 5.95 Å². The van der Waals surface area contributed by atoms with Crippen LogP contribution in [-0.4, -0.2) is 34.6 Å². The highest BCUT2D eigenvalue weighted by Gasteiger charge is 2.14. The van der Waals surface area contributed by atoms with Crippen molar-refractivity contribution in [2.24, 2.45) is 4.99 Å². The van der Waals surface area contributed by atoms with Crippen molar-refractivity contribution in [3.63, 3.8) is 0 Å². The van der Waals surface area contributed by atoms with Crippen LogP contribution in [0, 0.1) is 0 Å². The van der Waals surface area contributed by atoms with Gasteiger partial charge in [-0.3, -0.25) is 4.99 Å². The number of rotatable bonds is 6. The van der Waals surface area contributed by atoms with Crippen LogP contribution in [-0.2, 0) is 0 Å². The molecule has 0 spiro atoms. The molecule has 0 atom stereocenters. The standard InChI is InChI=1S/C15H27N5O/c1-2-3-4-6-9-17-13-12-14(18-15(16)20(13)21)19-10-7-5-8-11-19/h12,21H,2-11H2,1H3,(H2,16,18). The first-order valence-corrected chi connectivity index (χ1v) is 8.06. The minimum Gasteiger partial charge on any atom is -0.423 e. The maximum absolute atomic E-state index is 9.94. The monoisotopic (exact) mass is 293 g/mol. The van der Waals surface area contributed by atoms with Crippen LogP contribution in [0.3, 0.4) is 0 Å². The Morgan fingerprint density at radius 2 is 2.00 bits per heavy atom. The summed E-state index contributed by atoms with van der Waals surface area (Å²) < 4.78 is 0.882. The fourth-order valence-corrected chi connectivity index (χ4v) is 2.62. The Morgan fingerprint density at radius 1 is 1.24 bits per heavy atom. The number of hydrogen-bond donors (Lipinski definition) is 2. The van der Waals surface area contributed by atoms with Gasteiger partial charge in [-0.05, 0) is 25.7 Å². The highest BCUT2D eigenvalue weighted by Crippen LogP contribution is 2.16. The first-order valence-electron chi connectivity index (χ1n) is 8.06. The quantitative estimate of drug-likeness (QED) is 0.622. The molecule has 1 aliphatic heterocycles. The molecule has 0 aliphatic carbocycles. The van der Waals surface area contributed by atoms with Gasteiger partial charge in [-0.2, -0.15) is 4.98 Å². The Kier molecular flexibility index (Phi) is 5.90. The molecule has 6 heteroatoms. The molecule has 2 heterocycles. The molecular weight excluding hydrogens is 266 g/mol. The minimum absolute atomic E-state index is 0.102. The summed E-state index contributed by atoms with van der Waals surface area (Å²) >= 11 is 0. The molecule has 1 aromatic rings. The zero-order chi connectivity index (χ0) is 15.1. The van der Waals surface area contributed by atoms with Gasteiger partial charge in [-0.25, -0.2) is 0 Å². The van der Waals surface area contributed by atoms with Crippen LogP contribution in [0.5, 0.6) is 0 Å². The highest BCUT2D eigenvalue weighted by atomic mass is 16.5. The van der Waals surface area contributed by atoms with Crippen molar-refractivity contribution in [2.75, 3.05) is 30.3 Å². The largest absolute Gasteiger partial charge is 0.423 e. The van der Waals surface area contributed by atoms with Crippen LogP contribution >= 0.6 is 0 Å². The summed E-state index contributed by atoms with van der Waals surface area (Å²) in [4.78, 5) is 10.9. The molecule has 21 heavy (non-hydrogen) atoms. The van der Waals surface area contributed by atoms with Crippen molar-refractivity contribution in [1.29, 1.82) is 0 Å². The van der Waals surface area contributed by atoms with E-state index in [1.165, 1.54) is 38.5 Å². The van der Waals surface area contributed by atoms with Crippen molar-refractivity contribution in [1.82, 2.24) is 9.71 Å². The Hall–Kier alpha value is -1.72. The maximum Gasteiger partial charge on any atom is 0.238 e. The van der Waals surface area contributed by atoms with Crippen LogP contribution in [0.4, 0.5) is 11.8 Å². The van der Waals surface area contributed by atoms with Crippen LogP contribution in [0.25, 0.3) is 0 Å². The van der Waals surface area contributed by atoms with Gasteiger partial charge in [-0.15, -0.1) is 4.73 Å². The molecule has 0 aromatic carbocycles. The smallest absolute Gasteiger partial charge is 0.238 e. The average molecular weight is 293 g/mol. The lowest BCUT2D eigenvalue weighted by Gasteiger charge is -2.27. The Labute approximate surface area is 126 Å². The van der Waals surface area contributed by atoms with Crippen LogP contribution in [0.15, 0.2) is 11.1 Å². The third-order valence-electron chi connectivity index (χ3n) is 3.89. The van der Waals surface area contributed by atoms with Crippen LogP contribution in [0.1, 0.15) is 51.9 Å². The van der Waals surface area contributed by atoms with E-state index in [-0.39, 0.29) is 5.95 Å². The van der Waals surface area contributed by atoms with Gasteiger partial charge in [0.15, 0.2) is 5.49 Å². The molecule has 1 aliphatic rings. The van der Waals surface area contributed by atoms with Crippen molar-refractivity contribution in [3.8, 4) is 0 Å². The summed E-state index contributed by atoms with van der Waals surface area (Å²) in [6.07, 6.45) is 8.28. The summed E-state index contributed by atoms with van der Waals surface area (Å²) in [5.41, 5.74) is 6.29. The fourth-order valence-electron chi connectivity index (χ4n) is 2.62. The van der Waals surface area contributed by atoms with Crippen molar-refractivity contribution >= 4 is 11.8 Å². The van der Waals surface area contributed by atoms with E-state index in [2.05, 4.69) is 21.8 Å². The molecule has 1 fully saturated rings. The van der Waals surface area contributed by atoms with Gasteiger partial charge in [0, 0.05) is 25.7 Å². The number of piperidine rings is 1. The zero-order valence-corrected chi connectivity index (χ0v) is 13.0. The van der Waals surface area contributed by atoms with Crippen molar-refractivity contribution in [2.45, 2.75) is 51.9 Å². The topological polar surface area (TPSA) is 79.7 Å². The van der Waals surface area contributed by atoms with E-state index in [1.807, 2.05) is 6.07 Å². The third-order valence-corrected chi connectivity index (χ3v) is 3.89. The SMILES string of the molecule is CCCCCCN=c1cc(N2CCCCC2)nc(N)n1O. The number of nitrogens with two attached hydrogens (primary N) is 1. The molecule has 118 valence electrons. The number of anilines is 2. The molecule has 3 N–H and O–H groups in total. The second kappa shape index (κ2) is 7.90. The minimum atomic E-state index is 0.102. The Balaban J connectivity index is 2.12. The first kappa shape index (κ1) is 15.7. The predicted octanol–water partition coefficient (Wildman–Crippen LogP) is 2.17. The molecule has 6 nitrogen and oxygen atoms in total. The van der Waals surface area contributed by atoms with Gasteiger partial charge in [0.05, 0.1) is 0 Å². The summed E-state index contributed by atoms with van der Waals surface area (Å²) in [6.45, 7) is 4.90. The maximum atomic E-state index is 9.94. The first-order chi connectivity index (χ1) is 10.2. The molecule has 0 radical (unpaired) electrons. The lowest BCUT2D eigenvalue weighted by Crippen LogP contribution is -2.33. The summed E-state index contributed by atoms with van der Waals surface area (Å²) in [5.74, 6) is 0.926. The van der Waals surface area contributed by atoms with E-state index >= 15 is 0 Å². The van der Waals surface area contributed by atoms with Gasteiger partial charge in [0.25, 0.3) is 0 Å². The van der Waals surface area contributed by atoms with Gasteiger partial charge < -0.3 is 15.8 Å². The second-order valence-corrected chi connectivity index (χ2v) is 5.63. The number of nitrogens with zero attached hydrogens (tertiary/aromatic N) is 4. The molecule has 2 rings (SSSR count). The summed E-state index contributed by atoms with van der Waals surface area (Å²) in [7, 11) is 0. The normalized spacial score (nSPS) is 16.4. The average Bonchev–Trinajstić information content (AvgIpc) is 2.51. The molecule has 1 aromatic heterocycles. The van der Waals surface area contributed by atoms with E-state index in [4.69, 9.17) is 5.73 Å². The van der Waals surface area contributed by atoms with E-state index in [1.54, 1.807) is 0 Å². The molecule has 0 saturated carbocycles. The summed E-state index contributed by atoms with van der Waals surface area (Å²) in [6, 6.07) is 1.83. The second-order valence-electron chi connectivity index (χ2n) is 5.63. The van der Waals surface area contributed by atoms with Crippen LogP contribution in [0.2, 0.25) is 0 Å². The van der Waals surface area contributed by atoms with Gasteiger partial charge in [-0.1, -0.05) is 26.2 Å². The third kappa shape index (κ3) is 4.37. The fraction of sp³-hybridized carbons (Fsp3) is 0.733. The lowest BCUT2D eigenvalue weighted by molar-refractivity contribution is 0.175. The number of nitrogen functional groups attached to an aromatic ring is 1. The number of aromatic nitrogens is 2. The van der Waals surface area contributed by atoms with Gasteiger partial charge in [0.1, 0.15) is 5.82 Å². The number of hydrogen-bond acceptors (Lipinski definition) is 5. The van der Waals surface area contributed by atoms with Gasteiger partial charge >= 0.3 is 0 Å². The molecule has 0 bridgehead atoms. The van der Waals surface area contributed by atoms with E-state index in [9.17, 15) is 5.21 Å². The number of unbranched alkanes of at least 4 members (excludes halogenated alkanes) is 3. The van der Waals surface area contributed by atoms with Crippen LogP contribution < -0.4 is 16.1 Å². The predicted molar refractivity (Wildman–Crippen MR) is 84.5 cm³/mol. The summed E-state index contributed by atoms with van der Waals surface area (Å²) in [5, 5.41) is 9.94. The van der Waals surface area contributed by atoms with E-state index in [0.29, 0.717) is 12.0 Å². The Morgan fingerprint density at radius 3 is 2.71 bits per heavy atom. The molecular formula is C15H27N5O. The Bertz CT molecular complexity index is 505. The highest BCUT2D eigenvalue weighted by molar-refractivity contribution is 5.41.